The molecule has 102 valence electrons. The van der Waals surface area contributed by atoms with Crippen molar-refractivity contribution in [1.29, 1.82) is 0 Å². The average Bonchev–Trinajstić information content (AvgIpc) is 2.64. The molecule has 19 heavy (non-hydrogen) atoms. The summed E-state index contributed by atoms with van der Waals surface area (Å²) < 4.78 is 39.0. The number of aryl methyl sites for hydroxylation is 1. The van der Waals surface area contributed by atoms with Gasteiger partial charge in [0.15, 0.2) is 5.69 Å². The third kappa shape index (κ3) is 3.09. The Kier molecular flexibility index (Phi) is 3.58. The standard InChI is InChI=1S/C12H11BrF3N3/c1-7-4-8(2-3-10(7)17)5-19-6-9(13)11(18-19)12(14,15)16/h2-4,6H,5,17H2,1H3. The zero-order chi connectivity index (χ0) is 14.2. The molecule has 0 fully saturated rings. The minimum atomic E-state index is -4.46. The van der Waals surface area contributed by atoms with Crippen molar-refractivity contribution in [3.05, 3.63) is 45.7 Å². The molecular weight excluding hydrogens is 323 g/mol. The summed E-state index contributed by atoms with van der Waals surface area (Å²) in [6.45, 7) is 2.11. The fraction of sp³-hybridized carbons (Fsp3) is 0.250. The van der Waals surface area contributed by atoms with Crippen LogP contribution in [0.2, 0.25) is 0 Å². The number of nitrogen functional groups attached to an aromatic ring is 1. The van der Waals surface area contributed by atoms with Gasteiger partial charge in [0.1, 0.15) is 0 Å². The maximum Gasteiger partial charge on any atom is 0.436 e. The van der Waals surface area contributed by atoms with Crippen LogP contribution in [0.15, 0.2) is 28.9 Å². The molecule has 0 radical (unpaired) electrons. The van der Waals surface area contributed by atoms with Gasteiger partial charge in [-0.15, -0.1) is 0 Å². The maximum atomic E-state index is 12.6. The van der Waals surface area contributed by atoms with E-state index in [1.54, 1.807) is 12.1 Å². The van der Waals surface area contributed by atoms with Gasteiger partial charge < -0.3 is 5.73 Å². The normalized spacial score (nSPS) is 11.8. The highest BCUT2D eigenvalue weighted by molar-refractivity contribution is 9.10. The zero-order valence-electron chi connectivity index (χ0n) is 10.0. The van der Waals surface area contributed by atoms with Gasteiger partial charge in [0.05, 0.1) is 11.0 Å². The highest BCUT2D eigenvalue weighted by Gasteiger charge is 2.36. The minimum Gasteiger partial charge on any atom is -0.399 e. The smallest absolute Gasteiger partial charge is 0.399 e. The molecule has 0 saturated heterocycles. The highest BCUT2D eigenvalue weighted by atomic mass is 79.9. The lowest BCUT2D eigenvalue weighted by Crippen LogP contribution is -2.09. The summed E-state index contributed by atoms with van der Waals surface area (Å²) in [5, 5.41) is 3.54. The molecule has 3 nitrogen and oxygen atoms in total. The number of nitrogens with zero attached hydrogens (tertiary/aromatic N) is 2. The molecule has 0 aliphatic rings. The van der Waals surface area contributed by atoms with Crippen LogP contribution in [-0.4, -0.2) is 9.78 Å². The molecule has 0 bridgehead atoms. The predicted octanol–water partition coefficient (Wildman–Crippen LogP) is 3.60. The Morgan fingerprint density at radius 2 is 2.05 bits per heavy atom. The van der Waals surface area contributed by atoms with Crippen LogP contribution in [0.5, 0.6) is 0 Å². The molecule has 2 aromatic rings. The lowest BCUT2D eigenvalue weighted by molar-refractivity contribution is -0.142. The third-order valence-electron chi connectivity index (χ3n) is 2.66. The number of nitrogens with two attached hydrogens (primary N) is 1. The molecular formula is C12H11BrF3N3. The van der Waals surface area contributed by atoms with E-state index in [1.165, 1.54) is 10.9 Å². The molecule has 0 spiro atoms. The number of hydrogen-bond acceptors (Lipinski definition) is 2. The first-order valence-electron chi connectivity index (χ1n) is 5.42. The average molecular weight is 334 g/mol. The molecule has 7 heteroatoms. The van der Waals surface area contributed by atoms with Gasteiger partial charge in [-0.2, -0.15) is 18.3 Å². The van der Waals surface area contributed by atoms with E-state index >= 15 is 0 Å². The lowest BCUT2D eigenvalue weighted by Gasteiger charge is -2.06. The van der Waals surface area contributed by atoms with Crippen LogP contribution in [0.3, 0.4) is 0 Å². The quantitative estimate of drug-likeness (QED) is 0.853. The van der Waals surface area contributed by atoms with Gasteiger partial charge in [0, 0.05) is 11.9 Å². The van der Waals surface area contributed by atoms with Crippen molar-refractivity contribution in [2.45, 2.75) is 19.6 Å². The molecule has 1 aromatic heterocycles. The summed E-state index contributed by atoms with van der Waals surface area (Å²) in [5.41, 5.74) is 7.16. The largest absolute Gasteiger partial charge is 0.436 e. The Bertz CT molecular complexity index is 605. The van der Waals surface area contributed by atoms with Crippen molar-refractivity contribution in [2.24, 2.45) is 0 Å². The van der Waals surface area contributed by atoms with E-state index in [-0.39, 0.29) is 11.0 Å². The van der Waals surface area contributed by atoms with Crippen LogP contribution in [-0.2, 0) is 12.7 Å². The lowest BCUT2D eigenvalue weighted by atomic mass is 10.1. The molecule has 0 aliphatic heterocycles. The maximum absolute atomic E-state index is 12.6. The van der Waals surface area contributed by atoms with E-state index in [9.17, 15) is 13.2 Å². The minimum absolute atomic E-state index is 0.0628. The second-order valence-electron chi connectivity index (χ2n) is 4.21. The van der Waals surface area contributed by atoms with Crippen molar-refractivity contribution in [3.8, 4) is 0 Å². The molecule has 0 atom stereocenters. The van der Waals surface area contributed by atoms with Gasteiger partial charge in [0.25, 0.3) is 0 Å². The van der Waals surface area contributed by atoms with E-state index in [1.807, 2.05) is 13.0 Å². The predicted molar refractivity (Wildman–Crippen MR) is 69.6 cm³/mol. The van der Waals surface area contributed by atoms with Gasteiger partial charge in [-0.3, -0.25) is 4.68 Å². The fourth-order valence-electron chi connectivity index (χ4n) is 1.69. The third-order valence-corrected chi connectivity index (χ3v) is 3.24. The van der Waals surface area contributed by atoms with Crippen molar-refractivity contribution >= 4 is 21.6 Å². The summed E-state index contributed by atoms with van der Waals surface area (Å²) in [4.78, 5) is 0. The highest BCUT2D eigenvalue weighted by Crippen LogP contribution is 2.33. The number of rotatable bonds is 2. The van der Waals surface area contributed by atoms with E-state index < -0.39 is 11.9 Å². The number of halogens is 4. The number of benzene rings is 1. The fourth-order valence-corrected chi connectivity index (χ4v) is 2.23. The van der Waals surface area contributed by atoms with Crippen LogP contribution in [0.25, 0.3) is 0 Å². The topological polar surface area (TPSA) is 43.8 Å². The molecule has 1 heterocycles. The molecule has 0 saturated carbocycles. The van der Waals surface area contributed by atoms with Gasteiger partial charge in [-0.05, 0) is 40.0 Å². The Hall–Kier alpha value is -1.50. The molecule has 1 aromatic carbocycles. The molecule has 2 N–H and O–H groups in total. The number of alkyl halides is 3. The van der Waals surface area contributed by atoms with E-state index in [0.29, 0.717) is 5.69 Å². The first-order chi connectivity index (χ1) is 8.77. The second-order valence-corrected chi connectivity index (χ2v) is 5.07. The summed E-state index contributed by atoms with van der Waals surface area (Å²) in [7, 11) is 0. The second kappa shape index (κ2) is 4.88. The Morgan fingerprint density at radius 3 is 2.58 bits per heavy atom. The number of hydrogen-bond donors (Lipinski definition) is 1. The monoisotopic (exact) mass is 333 g/mol. The summed E-state index contributed by atoms with van der Waals surface area (Å²) in [6, 6.07) is 5.33. The number of aromatic nitrogens is 2. The van der Waals surface area contributed by atoms with Crippen LogP contribution in [0.4, 0.5) is 18.9 Å². The summed E-state index contributed by atoms with van der Waals surface area (Å²) in [5.74, 6) is 0. The summed E-state index contributed by atoms with van der Waals surface area (Å²) >= 11 is 2.87. The van der Waals surface area contributed by atoms with Crippen LogP contribution < -0.4 is 5.73 Å². The van der Waals surface area contributed by atoms with Gasteiger partial charge in [-0.1, -0.05) is 12.1 Å². The van der Waals surface area contributed by atoms with E-state index in [4.69, 9.17) is 5.73 Å². The van der Waals surface area contributed by atoms with Crippen LogP contribution in [0, 0.1) is 6.92 Å². The molecule has 0 amide bonds. The first kappa shape index (κ1) is 13.9. The van der Waals surface area contributed by atoms with E-state index in [0.717, 1.165) is 11.1 Å². The van der Waals surface area contributed by atoms with Crippen LogP contribution >= 0.6 is 15.9 Å². The van der Waals surface area contributed by atoms with Crippen molar-refractivity contribution in [2.75, 3.05) is 5.73 Å². The van der Waals surface area contributed by atoms with Gasteiger partial charge in [0.2, 0.25) is 0 Å². The van der Waals surface area contributed by atoms with Gasteiger partial charge >= 0.3 is 6.18 Å². The SMILES string of the molecule is Cc1cc(Cn2cc(Br)c(C(F)(F)F)n2)ccc1N. The summed E-state index contributed by atoms with van der Waals surface area (Å²) in [6.07, 6.45) is -3.14. The Morgan fingerprint density at radius 1 is 1.37 bits per heavy atom. The Balaban J connectivity index is 2.27. The molecule has 2 rings (SSSR count). The van der Waals surface area contributed by atoms with E-state index in [2.05, 4.69) is 21.0 Å². The van der Waals surface area contributed by atoms with Crippen molar-refractivity contribution in [3.63, 3.8) is 0 Å². The Labute approximate surface area is 116 Å². The number of anilines is 1. The van der Waals surface area contributed by atoms with Crippen LogP contribution in [0.1, 0.15) is 16.8 Å². The molecule has 0 unspecified atom stereocenters. The first-order valence-corrected chi connectivity index (χ1v) is 6.22. The molecule has 0 aliphatic carbocycles. The van der Waals surface area contributed by atoms with Gasteiger partial charge in [-0.25, -0.2) is 0 Å². The zero-order valence-corrected chi connectivity index (χ0v) is 11.6. The van der Waals surface area contributed by atoms with Crippen molar-refractivity contribution in [1.82, 2.24) is 9.78 Å². The van der Waals surface area contributed by atoms with Crippen molar-refractivity contribution < 1.29 is 13.2 Å².